The molecule has 9 heteroatoms. The van der Waals surface area contributed by atoms with Crippen LogP contribution in [0.2, 0.25) is 0 Å². The topological polar surface area (TPSA) is 93.2 Å². The Bertz CT molecular complexity index is 1260. The standard InChI is InChI=1S/C25H30N4O4S/c1-19(25(30)31)26-34(32,33)29-15-13-28(14-16-29)24-11-9-23(10-12-24)27(2)18-20-7-8-21-5-3-4-6-22(21)17-20/h3-12,17,19,26H,13-16,18H2,1-2H3,(H,30,31). The van der Waals surface area contributed by atoms with Crippen LogP contribution >= 0.6 is 0 Å². The molecular weight excluding hydrogens is 452 g/mol. The number of carboxylic acids is 1. The van der Waals surface area contributed by atoms with E-state index < -0.39 is 22.2 Å². The van der Waals surface area contributed by atoms with Crippen molar-refractivity contribution in [2.24, 2.45) is 0 Å². The van der Waals surface area contributed by atoms with Crippen LogP contribution < -0.4 is 14.5 Å². The Morgan fingerprint density at radius 1 is 1.00 bits per heavy atom. The maximum atomic E-state index is 12.4. The van der Waals surface area contributed by atoms with E-state index in [-0.39, 0.29) is 0 Å². The number of hydrogen-bond donors (Lipinski definition) is 2. The smallest absolute Gasteiger partial charge is 0.321 e. The lowest BCUT2D eigenvalue weighted by atomic mass is 10.1. The largest absolute Gasteiger partial charge is 0.480 e. The van der Waals surface area contributed by atoms with Crippen molar-refractivity contribution in [3.63, 3.8) is 0 Å². The second kappa shape index (κ2) is 10.0. The second-order valence-corrected chi connectivity index (χ2v) is 10.3. The molecule has 0 aromatic heterocycles. The monoisotopic (exact) mass is 482 g/mol. The molecule has 0 radical (unpaired) electrons. The molecule has 1 unspecified atom stereocenters. The van der Waals surface area contributed by atoms with Gasteiger partial charge in [-0.15, -0.1) is 0 Å². The summed E-state index contributed by atoms with van der Waals surface area (Å²) in [4.78, 5) is 15.3. The van der Waals surface area contributed by atoms with Gasteiger partial charge in [0.1, 0.15) is 6.04 Å². The van der Waals surface area contributed by atoms with Gasteiger partial charge in [0, 0.05) is 51.1 Å². The van der Waals surface area contributed by atoms with Crippen LogP contribution in [-0.2, 0) is 21.5 Å². The number of benzene rings is 3. The summed E-state index contributed by atoms with van der Waals surface area (Å²) >= 11 is 0. The SMILES string of the molecule is CC(NS(=O)(=O)N1CCN(c2ccc(N(C)Cc3ccc4ccccc4c3)cc2)CC1)C(=O)O. The lowest BCUT2D eigenvalue weighted by Crippen LogP contribution is -2.54. The number of carboxylic acid groups (broad SMARTS) is 1. The Labute approximate surface area is 200 Å². The summed E-state index contributed by atoms with van der Waals surface area (Å²) in [5.41, 5.74) is 3.38. The first kappa shape index (κ1) is 24.0. The van der Waals surface area contributed by atoms with E-state index in [1.807, 2.05) is 6.07 Å². The van der Waals surface area contributed by atoms with E-state index in [0.29, 0.717) is 26.2 Å². The highest BCUT2D eigenvalue weighted by atomic mass is 32.2. The number of nitrogens with one attached hydrogen (secondary N) is 1. The number of anilines is 2. The van der Waals surface area contributed by atoms with Crippen LogP contribution in [0.5, 0.6) is 0 Å². The molecule has 0 bridgehead atoms. The first-order chi connectivity index (χ1) is 16.2. The molecule has 4 rings (SSSR count). The van der Waals surface area contributed by atoms with Gasteiger partial charge in [-0.2, -0.15) is 17.4 Å². The summed E-state index contributed by atoms with van der Waals surface area (Å²) in [7, 11) is -1.76. The Morgan fingerprint density at radius 2 is 1.65 bits per heavy atom. The number of hydrogen-bond acceptors (Lipinski definition) is 5. The van der Waals surface area contributed by atoms with Crippen molar-refractivity contribution in [3.05, 3.63) is 72.3 Å². The Kier molecular flexibility index (Phi) is 7.06. The molecule has 2 N–H and O–H groups in total. The first-order valence-corrected chi connectivity index (χ1v) is 12.7. The summed E-state index contributed by atoms with van der Waals surface area (Å²) in [5.74, 6) is -1.20. The molecule has 0 spiro atoms. The van der Waals surface area contributed by atoms with Crippen molar-refractivity contribution in [1.82, 2.24) is 9.03 Å². The van der Waals surface area contributed by atoms with Crippen LogP contribution in [-0.4, -0.2) is 63.1 Å². The molecular formula is C25H30N4O4S. The number of fused-ring (bicyclic) bond motifs is 1. The highest BCUT2D eigenvalue weighted by molar-refractivity contribution is 7.87. The van der Waals surface area contributed by atoms with Gasteiger partial charge in [0.25, 0.3) is 10.2 Å². The summed E-state index contributed by atoms with van der Waals surface area (Å²) in [6.45, 7) is 3.77. The van der Waals surface area contributed by atoms with Gasteiger partial charge in [-0.25, -0.2) is 0 Å². The molecule has 0 amide bonds. The zero-order valence-corrected chi connectivity index (χ0v) is 20.2. The van der Waals surface area contributed by atoms with Crippen molar-refractivity contribution in [1.29, 1.82) is 0 Å². The van der Waals surface area contributed by atoms with Crippen LogP contribution in [0.25, 0.3) is 10.8 Å². The van der Waals surface area contributed by atoms with Crippen LogP contribution in [0.4, 0.5) is 11.4 Å². The molecule has 1 aliphatic heterocycles. The van der Waals surface area contributed by atoms with Gasteiger partial charge in [-0.1, -0.05) is 36.4 Å². The Morgan fingerprint density at radius 3 is 2.29 bits per heavy atom. The van der Waals surface area contributed by atoms with E-state index in [1.54, 1.807) is 0 Å². The molecule has 3 aromatic rings. The lowest BCUT2D eigenvalue weighted by Gasteiger charge is -2.35. The predicted molar refractivity (Wildman–Crippen MR) is 135 cm³/mol. The van der Waals surface area contributed by atoms with Gasteiger partial charge in [0.05, 0.1) is 0 Å². The number of rotatable bonds is 8. The third-order valence-electron chi connectivity index (χ3n) is 6.16. The maximum absolute atomic E-state index is 12.4. The molecule has 0 aliphatic carbocycles. The van der Waals surface area contributed by atoms with Crippen molar-refractivity contribution in [3.8, 4) is 0 Å². The van der Waals surface area contributed by atoms with Crippen molar-refractivity contribution >= 4 is 38.3 Å². The Balaban J connectivity index is 1.35. The molecule has 180 valence electrons. The first-order valence-electron chi connectivity index (χ1n) is 11.3. The molecule has 0 saturated carbocycles. The zero-order chi connectivity index (χ0) is 24.3. The van der Waals surface area contributed by atoms with Crippen LogP contribution in [0.15, 0.2) is 66.7 Å². The summed E-state index contributed by atoms with van der Waals surface area (Å²) in [6, 6.07) is 22.0. The van der Waals surface area contributed by atoms with Gasteiger partial charge in [-0.05, 0) is 53.6 Å². The highest BCUT2D eigenvalue weighted by Gasteiger charge is 2.29. The van der Waals surface area contributed by atoms with Gasteiger partial charge >= 0.3 is 5.97 Å². The average molecular weight is 483 g/mol. The van der Waals surface area contributed by atoms with Crippen LogP contribution in [0.3, 0.4) is 0 Å². The average Bonchev–Trinajstić information content (AvgIpc) is 2.84. The predicted octanol–water partition coefficient (Wildman–Crippen LogP) is 2.91. The third-order valence-corrected chi connectivity index (χ3v) is 7.86. The minimum absolute atomic E-state index is 0.297. The van der Waals surface area contributed by atoms with Gasteiger partial charge in [0.15, 0.2) is 0 Å². The molecule has 8 nitrogen and oxygen atoms in total. The van der Waals surface area contributed by atoms with Crippen molar-refractivity contribution in [2.45, 2.75) is 19.5 Å². The number of aliphatic carboxylic acids is 1. The number of piperazine rings is 1. The molecule has 3 aromatic carbocycles. The maximum Gasteiger partial charge on any atom is 0.321 e. The Hall–Kier alpha value is -3.14. The minimum atomic E-state index is -3.83. The molecule has 1 atom stereocenters. The van der Waals surface area contributed by atoms with E-state index >= 15 is 0 Å². The summed E-state index contributed by atoms with van der Waals surface area (Å²) in [6.07, 6.45) is 0. The van der Waals surface area contributed by atoms with E-state index in [0.717, 1.165) is 17.9 Å². The van der Waals surface area contributed by atoms with E-state index in [2.05, 4.69) is 82.2 Å². The second-order valence-electron chi connectivity index (χ2n) is 8.62. The normalized spacial score (nSPS) is 15.9. The quantitative estimate of drug-likeness (QED) is 0.513. The summed E-state index contributed by atoms with van der Waals surface area (Å²) in [5, 5.41) is 11.4. The van der Waals surface area contributed by atoms with E-state index in [4.69, 9.17) is 5.11 Å². The van der Waals surface area contributed by atoms with E-state index in [1.165, 1.54) is 27.6 Å². The van der Waals surface area contributed by atoms with Crippen LogP contribution in [0.1, 0.15) is 12.5 Å². The van der Waals surface area contributed by atoms with Crippen LogP contribution in [0, 0.1) is 0 Å². The van der Waals surface area contributed by atoms with Gasteiger partial charge in [-0.3, -0.25) is 4.79 Å². The number of carbonyl (C=O) groups is 1. The molecule has 1 aliphatic rings. The molecule has 1 fully saturated rings. The molecule has 34 heavy (non-hydrogen) atoms. The fraction of sp³-hybridized carbons (Fsp3) is 0.320. The fourth-order valence-corrected chi connectivity index (χ4v) is 5.50. The lowest BCUT2D eigenvalue weighted by molar-refractivity contribution is -0.138. The summed E-state index contributed by atoms with van der Waals surface area (Å²) < 4.78 is 28.3. The number of nitrogens with zero attached hydrogens (tertiary/aromatic N) is 3. The third kappa shape index (κ3) is 5.49. The minimum Gasteiger partial charge on any atom is -0.480 e. The zero-order valence-electron chi connectivity index (χ0n) is 19.4. The molecule has 1 heterocycles. The fourth-order valence-electron chi connectivity index (χ4n) is 4.16. The molecule has 1 saturated heterocycles. The highest BCUT2D eigenvalue weighted by Crippen LogP contribution is 2.24. The van der Waals surface area contributed by atoms with Gasteiger partial charge < -0.3 is 14.9 Å². The van der Waals surface area contributed by atoms with Gasteiger partial charge in [0.2, 0.25) is 0 Å². The van der Waals surface area contributed by atoms with Crippen molar-refractivity contribution in [2.75, 3.05) is 43.0 Å². The van der Waals surface area contributed by atoms with Crippen molar-refractivity contribution < 1.29 is 18.3 Å². The van der Waals surface area contributed by atoms with E-state index in [9.17, 15) is 13.2 Å².